The van der Waals surface area contributed by atoms with Gasteiger partial charge >= 0.3 is 5.97 Å². The predicted octanol–water partition coefficient (Wildman–Crippen LogP) is 4.24. The quantitative estimate of drug-likeness (QED) is 0.584. The molecule has 0 unspecified atom stereocenters. The maximum atomic E-state index is 11.7. The second kappa shape index (κ2) is 7.13. The highest BCUT2D eigenvalue weighted by Crippen LogP contribution is 2.20. The maximum Gasteiger partial charge on any atom is 0.333 e. The molecule has 0 fully saturated rings. The maximum absolute atomic E-state index is 11.7. The molecule has 1 aromatic rings. The van der Waals surface area contributed by atoms with Gasteiger partial charge in [-0.05, 0) is 49.8 Å². The van der Waals surface area contributed by atoms with E-state index in [2.05, 4.69) is 38.1 Å². The summed E-state index contributed by atoms with van der Waals surface area (Å²) < 4.78 is 5.03. The first kappa shape index (κ1) is 15.5. The van der Waals surface area contributed by atoms with E-state index >= 15 is 0 Å². The summed E-state index contributed by atoms with van der Waals surface area (Å²) in [5.74, 6) is 0.426. The predicted molar refractivity (Wildman–Crippen MR) is 79.9 cm³/mol. The zero-order chi connectivity index (χ0) is 14.4. The number of hydrogen-bond donors (Lipinski definition) is 0. The second-order valence-corrected chi connectivity index (χ2v) is 5.27. The van der Waals surface area contributed by atoms with Gasteiger partial charge in [-0.3, -0.25) is 0 Å². The molecule has 2 heteroatoms. The summed E-state index contributed by atoms with van der Waals surface area (Å²) in [5, 5.41) is 0. The first-order valence-corrected chi connectivity index (χ1v) is 6.89. The fraction of sp³-hybridized carbons (Fsp3) is 0.471. The molecule has 0 radical (unpaired) electrons. The van der Waals surface area contributed by atoms with Crippen molar-refractivity contribution in [3.8, 4) is 0 Å². The van der Waals surface area contributed by atoms with Gasteiger partial charge in [0.15, 0.2) is 0 Å². The van der Waals surface area contributed by atoms with Crippen LogP contribution in [0.1, 0.15) is 45.7 Å². The van der Waals surface area contributed by atoms with Gasteiger partial charge in [0.1, 0.15) is 0 Å². The lowest BCUT2D eigenvalue weighted by molar-refractivity contribution is -0.138. The van der Waals surface area contributed by atoms with E-state index in [0.29, 0.717) is 18.1 Å². The van der Waals surface area contributed by atoms with Gasteiger partial charge < -0.3 is 4.74 Å². The smallest absolute Gasteiger partial charge is 0.333 e. The molecule has 0 N–H and O–H groups in total. The summed E-state index contributed by atoms with van der Waals surface area (Å²) >= 11 is 0. The fourth-order valence-electron chi connectivity index (χ4n) is 1.97. The molecule has 1 aromatic carbocycles. The second-order valence-electron chi connectivity index (χ2n) is 5.27. The van der Waals surface area contributed by atoms with Crippen LogP contribution in [0.25, 0.3) is 5.57 Å². The van der Waals surface area contributed by atoms with E-state index in [-0.39, 0.29) is 5.97 Å². The van der Waals surface area contributed by atoms with Crippen LogP contribution in [0.5, 0.6) is 0 Å². The van der Waals surface area contributed by atoms with Crippen LogP contribution >= 0.6 is 0 Å². The lowest BCUT2D eigenvalue weighted by Crippen LogP contribution is -2.06. The minimum absolute atomic E-state index is 0.230. The van der Waals surface area contributed by atoms with Crippen molar-refractivity contribution in [2.24, 2.45) is 5.92 Å². The Morgan fingerprint density at radius 1 is 1.16 bits per heavy atom. The van der Waals surface area contributed by atoms with Crippen LogP contribution in [0.3, 0.4) is 0 Å². The molecule has 0 aliphatic rings. The van der Waals surface area contributed by atoms with Gasteiger partial charge in [-0.1, -0.05) is 38.1 Å². The summed E-state index contributed by atoms with van der Waals surface area (Å²) in [4.78, 5) is 11.7. The zero-order valence-electron chi connectivity index (χ0n) is 12.6. The van der Waals surface area contributed by atoms with Crippen LogP contribution in [0, 0.1) is 5.92 Å². The van der Waals surface area contributed by atoms with Crippen LogP contribution < -0.4 is 0 Å². The number of carbonyl (C=O) groups excluding carboxylic acids is 1. The molecule has 0 saturated carbocycles. The summed E-state index contributed by atoms with van der Waals surface area (Å²) in [6, 6.07) is 8.43. The molecule has 0 saturated heterocycles. The van der Waals surface area contributed by atoms with Crippen LogP contribution in [0.2, 0.25) is 0 Å². The van der Waals surface area contributed by atoms with Gasteiger partial charge in [-0.25, -0.2) is 4.79 Å². The Bertz CT molecular complexity index is 453. The normalized spacial score (nSPS) is 12.3. The number of ether oxygens (including phenoxy) is 1. The molecular formula is C17H24O2. The summed E-state index contributed by atoms with van der Waals surface area (Å²) in [7, 11) is 0. The number of rotatable bonds is 5. The lowest BCUT2D eigenvalue weighted by atomic mass is 9.98. The van der Waals surface area contributed by atoms with Crippen LogP contribution in [0.4, 0.5) is 0 Å². The molecular weight excluding hydrogens is 236 g/mol. The van der Waals surface area contributed by atoms with Crippen molar-refractivity contribution in [2.75, 3.05) is 6.61 Å². The molecule has 104 valence electrons. The highest BCUT2D eigenvalue weighted by atomic mass is 16.5. The average molecular weight is 260 g/mol. The van der Waals surface area contributed by atoms with E-state index in [9.17, 15) is 4.79 Å². The van der Waals surface area contributed by atoms with Crippen molar-refractivity contribution in [3.63, 3.8) is 0 Å². The SMILES string of the molecule is CCOC(=O)/C(C)=C(/C)c1ccc(CC(C)C)cc1. The van der Waals surface area contributed by atoms with E-state index in [1.807, 2.05) is 20.8 Å². The number of carbonyl (C=O) groups is 1. The summed E-state index contributed by atoms with van der Waals surface area (Å²) in [6.45, 7) is 10.4. The Hall–Kier alpha value is -1.57. The summed E-state index contributed by atoms with van der Waals surface area (Å²) in [5.41, 5.74) is 4.08. The van der Waals surface area contributed by atoms with Gasteiger partial charge in [0.2, 0.25) is 0 Å². The largest absolute Gasteiger partial charge is 0.463 e. The van der Waals surface area contributed by atoms with E-state index in [4.69, 9.17) is 4.74 Å². The molecule has 0 aliphatic carbocycles. The zero-order valence-corrected chi connectivity index (χ0v) is 12.6. The molecule has 0 spiro atoms. The standard InChI is InChI=1S/C17H24O2/c1-6-19-17(18)14(5)13(4)16-9-7-15(8-10-16)11-12(2)3/h7-10,12H,6,11H2,1-5H3/b14-13-. The van der Waals surface area contributed by atoms with E-state index in [1.54, 1.807) is 0 Å². The molecule has 0 atom stereocenters. The molecule has 1 rings (SSSR count). The van der Waals surface area contributed by atoms with E-state index in [1.165, 1.54) is 5.56 Å². The monoisotopic (exact) mass is 260 g/mol. The van der Waals surface area contributed by atoms with Crippen molar-refractivity contribution in [2.45, 2.75) is 41.0 Å². The third kappa shape index (κ3) is 4.55. The van der Waals surface area contributed by atoms with Gasteiger partial charge in [-0.2, -0.15) is 0 Å². The third-order valence-corrected chi connectivity index (χ3v) is 3.18. The Labute approximate surface area is 116 Å². The fourth-order valence-corrected chi connectivity index (χ4v) is 1.97. The van der Waals surface area contributed by atoms with Gasteiger partial charge in [0.05, 0.1) is 6.61 Å². The molecule has 0 heterocycles. The van der Waals surface area contributed by atoms with Crippen LogP contribution in [0.15, 0.2) is 29.8 Å². The Morgan fingerprint density at radius 2 is 1.74 bits per heavy atom. The average Bonchev–Trinajstić information content (AvgIpc) is 2.37. The van der Waals surface area contributed by atoms with Crippen molar-refractivity contribution in [1.29, 1.82) is 0 Å². The highest BCUT2D eigenvalue weighted by Gasteiger charge is 2.10. The summed E-state index contributed by atoms with van der Waals surface area (Å²) in [6.07, 6.45) is 1.08. The Kier molecular flexibility index (Phi) is 5.81. The van der Waals surface area contributed by atoms with Crippen LogP contribution in [-0.4, -0.2) is 12.6 Å². The number of allylic oxidation sites excluding steroid dienone is 1. The Morgan fingerprint density at radius 3 is 2.21 bits per heavy atom. The first-order valence-electron chi connectivity index (χ1n) is 6.89. The van der Waals surface area contributed by atoms with E-state index in [0.717, 1.165) is 17.6 Å². The van der Waals surface area contributed by atoms with Crippen molar-refractivity contribution >= 4 is 11.5 Å². The molecule has 2 nitrogen and oxygen atoms in total. The van der Waals surface area contributed by atoms with Gasteiger partial charge in [0.25, 0.3) is 0 Å². The number of benzene rings is 1. The van der Waals surface area contributed by atoms with Gasteiger partial charge in [0, 0.05) is 5.57 Å². The third-order valence-electron chi connectivity index (χ3n) is 3.18. The van der Waals surface area contributed by atoms with Crippen molar-refractivity contribution in [3.05, 3.63) is 41.0 Å². The molecule has 0 amide bonds. The number of hydrogen-bond acceptors (Lipinski definition) is 2. The minimum atomic E-state index is -0.230. The molecule has 0 bridgehead atoms. The van der Waals surface area contributed by atoms with Crippen molar-refractivity contribution < 1.29 is 9.53 Å². The van der Waals surface area contributed by atoms with Crippen LogP contribution in [-0.2, 0) is 16.0 Å². The number of esters is 1. The van der Waals surface area contributed by atoms with Gasteiger partial charge in [-0.15, -0.1) is 0 Å². The molecule has 0 aliphatic heterocycles. The van der Waals surface area contributed by atoms with E-state index < -0.39 is 0 Å². The first-order chi connectivity index (χ1) is 8.95. The van der Waals surface area contributed by atoms with Crippen molar-refractivity contribution in [1.82, 2.24) is 0 Å². The topological polar surface area (TPSA) is 26.3 Å². The molecule has 0 aromatic heterocycles. The Balaban J connectivity index is 2.90. The lowest BCUT2D eigenvalue weighted by Gasteiger charge is -2.09. The minimum Gasteiger partial charge on any atom is -0.463 e. The molecule has 19 heavy (non-hydrogen) atoms. The highest BCUT2D eigenvalue weighted by molar-refractivity contribution is 5.96.